The van der Waals surface area contributed by atoms with Gasteiger partial charge in [-0.15, -0.1) is 0 Å². The molecule has 0 radical (unpaired) electrons. The van der Waals surface area contributed by atoms with Crippen molar-refractivity contribution in [1.29, 1.82) is 0 Å². The predicted molar refractivity (Wildman–Crippen MR) is 91.9 cm³/mol. The molecular weight excluding hydrogens is 456 g/mol. The van der Waals surface area contributed by atoms with E-state index in [9.17, 15) is 19.5 Å². The van der Waals surface area contributed by atoms with Gasteiger partial charge in [-0.25, -0.2) is 0 Å². The third kappa shape index (κ3) is 3.54. The summed E-state index contributed by atoms with van der Waals surface area (Å²) in [5.74, 6) is -1.28. The number of carbonyl (C=O) groups excluding carboxylic acids is 3. The molecule has 1 aliphatic rings. The van der Waals surface area contributed by atoms with Crippen molar-refractivity contribution in [2.24, 2.45) is 5.73 Å². The lowest BCUT2D eigenvalue weighted by Crippen LogP contribution is -2.36. The van der Waals surface area contributed by atoms with E-state index in [4.69, 9.17) is 10.5 Å². The summed E-state index contributed by atoms with van der Waals surface area (Å²) in [6.45, 7) is -0.466. The van der Waals surface area contributed by atoms with Crippen LogP contribution in [-0.2, 0) is 9.59 Å². The second kappa shape index (κ2) is 6.93. The number of amides is 3. The van der Waals surface area contributed by atoms with Gasteiger partial charge in [-0.2, -0.15) is 0 Å². The summed E-state index contributed by atoms with van der Waals surface area (Å²) in [6.07, 6.45) is 1.46. The monoisotopic (exact) mass is 464 g/mol. The molecular formula is C13H10Br2N2O5S. The molecule has 122 valence electrons. The van der Waals surface area contributed by atoms with Crippen molar-refractivity contribution >= 4 is 66.8 Å². The van der Waals surface area contributed by atoms with E-state index < -0.39 is 23.6 Å². The molecule has 3 amide bonds. The van der Waals surface area contributed by atoms with Crippen molar-refractivity contribution < 1.29 is 24.2 Å². The molecule has 0 aromatic heterocycles. The number of ether oxygens (including phenoxy) is 1. The van der Waals surface area contributed by atoms with E-state index in [1.807, 2.05) is 0 Å². The molecule has 0 spiro atoms. The lowest BCUT2D eigenvalue weighted by Gasteiger charge is -2.10. The first-order valence-corrected chi connectivity index (χ1v) is 8.45. The molecule has 1 heterocycles. The second-order valence-electron chi connectivity index (χ2n) is 4.38. The van der Waals surface area contributed by atoms with Crippen LogP contribution in [0.15, 0.2) is 19.9 Å². The van der Waals surface area contributed by atoms with Crippen molar-refractivity contribution in [3.63, 3.8) is 0 Å². The van der Waals surface area contributed by atoms with Gasteiger partial charge >= 0.3 is 0 Å². The van der Waals surface area contributed by atoms with Gasteiger partial charge in [-0.3, -0.25) is 19.3 Å². The van der Waals surface area contributed by atoms with Crippen LogP contribution in [0, 0.1) is 0 Å². The number of aromatic hydroxyl groups is 1. The SMILES string of the molecule is COc1cc(/C=C2\SC(=O)N(CC(N)=O)C2=O)c(Br)c(Br)c1O. The summed E-state index contributed by atoms with van der Waals surface area (Å²) in [5.41, 5.74) is 5.53. The Morgan fingerprint density at radius 3 is 2.65 bits per heavy atom. The molecule has 0 saturated carbocycles. The average Bonchev–Trinajstić information content (AvgIpc) is 2.75. The van der Waals surface area contributed by atoms with Gasteiger partial charge in [-0.05, 0) is 61.3 Å². The van der Waals surface area contributed by atoms with Crippen molar-refractivity contribution in [3.05, 3.63) is 25.5 Å². The number of phenols is 1. The van der Waals surface area contributed by atoms with Gasteiger partial charge in [0, 0.05) is 4.47 Å². The largest absolute Gasteiger partial charge is 0.503 e. The van der Waals surface area contributed by atoms with Crippen LogP contribution >= 0.6 is 43.6 Å². The average molecular weight is 466 g/mol. The van der Waals surface area contributed by atoms with Crippen LogP contribution in [0.3, 0.4) is 0 Å². The molecule has 7 nitrogen and oxygen atoms in total. The summed E-state index contributed by atoms with van der Waals surface area (Å²) < 4.78 is 5.88. The van der Waals surface area contributed by atoms with E-state index in [-0.39, 0.29) is 16.4 Å². The normalized spacial score (nSPS) is 16.3. The Morgan fingerprint density at radius 1 is 1.43 bits per heavy atom. The molecule has 1 saturated heterocycles. The number of benzene rings is 1. The van der Waals surface area contributed by atoms with Crippen LogP contribution < -0.4 is 10.5 Å². The summed E-state index contributed by atoms with van der Waals surface area (Å²) in [5, 5.41) is 9.32. The van der Waals surface area contributed by atoms with Gasteiger partial charge in [0.05, 0.1) is 16.5 Å². The molecule has 0 aliphatic carbocycles. The molecule has 0 unspecified atom stereocenters. The van der Waals surface area contributed by atoms with E-state index >= 15 is 0 Å². The first kappa shape index (κ1) is 17.8. The van der Waals surface area contributed by atoms with Crippen molar-refractivity contribution in [1.82, 2.24) is 4.90 Å². The topological polar surface area (TPSA) is 110 Å². The quantitative estimate of drug-likeness (QED) is 0.661. The number of primary amides is 1. The fourth-order valence-electron chi connectivity index (χ4n) is 1.81. The lowest BCUT2D eigenvalue weighted by atomic mass is 10.2. The minimum absolute atomic E-state index is 0.0987. The highest BCUT2D eigenvalue weighted by Crippen LogP contribution is 2.43. The molecule has 3 N–H and O–H groups in total. The number of thioether (sulfide) groups is 1. The summed E-state index contributed by atoms with van der Waals surface area (Å²) in [4.78, 5) is 35.8. The number of nitrogens with zero attached hydrogens (tertiary/aromatic N) is 1. The highest BCUT2D eigenvalue weighted by molar-refractivity contribution is 9.13. The van der Waals surface area contributed by atoms with Crippen LogP contribution in [0.1, 0.15) is 5.56 Å². The zero-order valence-electron chi connectivity index (χ0n) is 11.6. The van der Waals surface area contributed by atoms with Gasteiger partial charge in [0.25, 0.3) is 11.1 Å². The zero-order valence-corrected chi connectivity index (χ0v) is 15.6. The van der Waals surface area contributed by atoms with E-state index in [0.29, 0.717) is 26.3 Å². The van der Waals surface area contributed by atoms with Crippen molar-refractivity contribution in [3.8, 4) is 11.5 Å². The minimum Gasteiger partial charge on any atom is -0.503 e. The van der Waals surface area contributed by atoms with Crippen LogP contribution in [0.2, 0.25) is 0 Å². The van der Waals surface area contributed by atoms with E-state index in [1.165, 1.54) is 19.3 Å². The molecule has 2 rings (SSSR count). The Bertz CT molecular complexity index is 750. The molecule has 0 bridgehead atoms. The summed E-state index contributed by atoms with van der Waals surface area (Å²) in [7, 11) is 1.39. The fraction of sp³-hybridized carbons (Fsp3) is 0.154. The van der Waals surface area contributed by atoms with Gasteiger partial charge < -0.3 is 15.6 Å². The molecule has 1 aliphatic heterocycles. The van der Waals surface area contributed by atoms with Crippen LogP contribution in [0.25, 0.3) is 6.08 Å². The van der Waals surface area contributed by atoms with E-state index in [2.05, 4.69) is 31.9 Å². The van der Waals surface area contributed by atoms with Crippen molar-refractivity contribution in [2.45, 2.75) is 0 Å². The summed E-state index contributed by atoms with van der Waals surface area (Å²) in [6, 6.07) is 1.51. The number of phenolic OH excluding ortho intramolecular Hbond substituents is 1. The Hall–Kier alpha value is -1.52. The van der Waals surface area contributed by atoms with E-state index in [0.717, 1.165) is 4.90 Å². The Kier molecular flexibility index (Phi) is 5.37. The molecule has 23 heavy (non-hydrogen) atoms. The zero-order chi connectivity index (χ0) is 17.3. The van der Waals surface area contributed by atoms with Crippen LogP contribution in [0.5, 0.6) is 11.5 Å². The van der Waals surface area contributed by atoms with Crippen molar-refractivity contribution in [2.75, 3.05) is 13.7 Å². The number of imide groups is 1. The smallest absolute Gasteiger partial charge is 0.294 e. The molecule has 1 fully saturated rings. The highest BCUT2D eigenvalue weighted by Gasteiger charge is 2.36. The Balaban J connectivity index is 2.44. The number of hydrogen-bond acceptors (Lipinski definition) is 6. The Morgan fingerprint density at radius 2 is 2.09 bits per heavy atom. The van der Waals surface area contributed by atoms with Gasteiger partial charge in [-0.1, -0.05) is 0 Å². The lowest BCUT2D eigenvalue weighted by molar-refractivity contribution is -0.127. The van der Waals surface area contributed by atoms with Gasteiger partial charge in [0.2, 0.25) is 5.91 Å². The maximum atomic E-state index is 12.2. The standard InChI is InChI=1S/C13H10Br2N2O5S/c1-22-6-2-5(9(14)10(15)11(6)19)3-7-12(20)17(4-8(16)18)13(21)23-7/h2-3,19H,4H2,1H3,(H2,16,18)/b7-3-. The third-order valence-electron chi connectivity index (χ3n) is 2.87. The number of carbonyl (C=O) groups is 3. The Labute approximate surface area is 152 Å². The second-order valence-corrected chi connectivity index (χ2v) is 6.96. The first-order chi connectivity index (χ1) is 10.8. The molecule has 10 heteroatoms. The number of halogens is 2. The fourth-order valence-corrected chi connectivity index (χ4v) is 3.48. The number of methoxy groups -OCH3 is 1. The molecule has 1 aromatic carbocycles. The minimum atomic E-state index is -0.774. The van der Waals surface area contributed by atoms with Gasteiger partial charge in [0.1, 0.15) is 6.54 Å². The highest BCUT2D eigenvalue weighted by atomic mass is 79.9. The summed E-state index contributed by atoms with van der Waals surface area (Å²) >= 11 is 7.20. The maximum absolute atomic E-state index is 12.2. The van der Waals surface area contributed by atoms with Gasteiger partial charge in [0.15, 0.2) is 11.5 Å². The maximum Gasteiger partial charge on any atom is 0.294 e. The number of rotatable bonds is 4. The predicted octanol–water partition coefficient (Wildman–Crippen LogP) is 2.45. The third-order valence-corrected chi connectivity index (χ3v) is 5.93. The van der Waals surface area contributed by atoms with E-state index in [1.54, 1.807) is 0 Å². The van der Waals surface area contributed by atoms with Crippen LogP contribution in [0.4, 0.5) is 4.79 Å². The number of nitrogens with two attached hydrogens (primary N) is 1. The number of hydrogen-bond donors (Lipinski definition) is 2. The first-order valence-electron chi connectivity index (χ1n) is 6.04. The molecule has 0 atom stereocenters. The van der Waals surface area contributed by atoms with Crippen LogP contribution in [-0.4, -0.2) is 40.7 Å². The molecule has 1 aromatic rings.